The molecule has 0 amide bonds. The molecule has 2 aromatic rings. The van der Waals surface area contributed by atoms with Crippen molar-refractivity contribution >= 4 is 41.0 Å². The van der Waals surface area contributed by atoms with E-state index in [2.05, 4.69) is 10.4 Å². The molecule has 2 rings (SSSR count). The lowest BCUT2D eigenvalue weighted by atomic mass is 10.2. The molecule has 0 saturated carbocycles. The van der Waals surface area contributed by atoms with Crippen LogP contribution in [0.1, 0.15) is 25.0 Å². The summed E-state index contributed by atoms with van der Waals surface area (Å²) in [5.74, 6) is -2.11. The molecule has 0 fully saturated rings. The van der Waals surface area contributed by atoms with E-state index in [-0.39, 0.29) is 30.3 Å². The van der Waals surface area contributed by atoms with E-state index < -0.39 is 39.3 Å². The van der Waals surface area contributed by atoms with Gasteiger partial charge in [0.1, 0.15) is 17.3 Å². The van der Waals surface area contributed by atoms with Crippen LogP contribution in [0.4, 0.5) is 19.0 Å². The van der Waals surface area contributed by atoms with Crippen molar-refractivity contribution in [2.75, 3.05) is 18.5 Å². The number of aromatic nitrogens is 2. The summed E-state index contributed by atoms with van der Waals surface area (Å²) in [4.78, 5) is 24.2. The van der Waals surface area contributed by atoms with Crippen LogP contribution in [0.15, 0.2) is 30.1 Å². The molecule has 1 aromatic heterocycles. The molecule has 0 aliphatic carbocycles. The maximum absolute atomic E-state index is 13.0. The molecule has 0 atom stereocenters. The van der Waals surface area contributed by atoms with Crippen molar-refractivity contribution in [3.63, 3.8) is 0 Å². The largest absolute Gasteiger partial charge is 0.462 e. The molecule has 0 saturated heterocycles. The molecule has 170 valence electrons. The quantitative estimate of drug-likeness (QED) is 0.263. The number of hydrogen-bond acceptors (Lipinski definition) is 7. The Morgan fingerprint density at radius 1 is 1.19 bits per heavy atom. The van der Waals surface area contributed by atoms with E-state index in [1.54, 1.807) is 0 Å². The number of nitrogens with one attached hydrogen (secondary N) is 1. The van der Waals surface area contributed by atoms with Gasteiger partial charge in [-0.15, -0.1) is 0 Å². The van der Waals surface area contributed by atoms with E-state index in [9.17, 15) is 28.0 Å². The second-order valence-corrected chi connectivity index (χ2v) is 6.67. The van der Waals surface area contributed by atoms with Gasteiger partial charge in [-0.25, -0.2) is 14.3 Å². The normalized spacial score (nSPS) is 10.8. The van der Waals surface area contributed by atoms with Gasteiger partial charge in [0.25, 0.3) is 0 Å². The molecule has 1 aromatic carbocycles. The lowest BCUT2D eigenvalue weighted by Crippen LogP contribution is -2.20. The fourth-order valence-corrected chi connectivity index (χ4v) is 3.08. The highest BCUT2D eigenvalue weighted by molar-refractivity contribution is 6.38. The molecule has 32 heavy (non-hydrogen) atoms. The molecule has 0 aliphatic heterocycles. The van der Waals surface area contributed by atoms with Crippen molar-refractivity contribution in [2.45, 2.75) is 20.0 Å². The fourth-order valence-electron chi connectivity index (χ4n) is 2.43. The lowest BCUT2D eigenvalue weighted by Gasteiger charge is -2.15. The summed E-state index contributed by atoms with van der Waals surface area (Å²) in [6.45, 7) is 3.03. The number of carbonyl (C=O) groups is 2. The second kappa shape index (κ2) is 10.4. The van der Waals surface area contributed by atoms with Crippen LogP contribution in [0.25, 0.3) is 5.69 Å². The number of benzene rings is 1. The Morgan fingerprint density at radius 2 is 1.72 bits per heavy atom. The van der Waals surface area contributed by atoms with E-state index in [1.807, 2.05) is 6.07 Å². The summed E-state index contributed by atoms with van der Waals surface area (Å²) < 4.78 is 49.6. The number of halogens is 5. The standard InChI is InChI=1S/C19H15Cl2F3N4O4/c1-3-31-17(29)12(18(30)32-4-2)9-26-16-10(7-25)8-27-28(16)15-13(20)5-11(6-14(15)21)19(22,23)24/h5-6,8-9,26H,3-4H2,1-2H3. The molecule has 0 bridgehead atoms. The highest BCUT2D eigenvalue weighted by atomic mass is 35.5. The van der Waals surface area contributed by atoms with E-state index in [4.69, 9.17) is 32.7 Å². The number of hydrogen-bond donors (Lipinski definition) is 1. The maximum Gasteiger partial charge on any atom is 0.416 e. The molecule has 0 unspecified atom stereocenters. The van der Waals surface area contributed by atoms with Crippen LogP contribution in [0.2, 0.25) is 10.0 Å². The number of ether oxygens (including phenoxy) is 2. The number of esters is 2. The Morgan fingerprint density at radius 3 is 2.16 bits per heavy atom. The molecular formula is C19H15Cl2F3N4O4. The third-order valence-corrected chi connectivity index (χ3v) is 4.37. The first-order chi connectivity index (χ1) is 15.0. The smallest absolute Gasteiger partial charge is 0.416 e. The van der Waals surface area contributed by atoms with Crippen LogP contribution >= 0.6 is 23.2 Å². The van der Waals surface area contributed by atoms with Crippen LogP contribution in [0.3, 0.4) is 0 Å². The summed E-state index contributed by atoms with van der Waals surface area (Å²) in [7, 11) is 0. The van der Waals surface area contributed by atoms with Crippen molar-refractivity contribution in [3.8, 4) is 11.8 Å². The predicted octanol–water partition coefficient (Wildman–Crippen LogP) is 4.49. The van der Waals surface area contributed by atoms with Crippen molar-refractivity contribution in [1.82, 2.24) is 9.78 Å². The van der Waals surface area contributed by atoms with E-state index in [1.165, 1.54) is 13.8 Å². The minimum Gasteiger partial charge on any atom is -0.462 e. The average Bonchev–Trinajstić information content (AvgIpc) is 3.10. The highest BCUT2D eigenvalue weighted by Gasteiger charge is 2.32. The highest BCUT2D eigenvalue weighted by Crippen LogP contribution is 2.38. The Hall–Kier alpha value is -3.23. The van der Waals surface area contributed by atoms with Gasteiger partial charge in [0.2, 0.25) is 0 Å². The SMILES string of the molecule is CCOC(=O)C(=CNc1c(C#N)cnn1-c1c(Cl)cc(C(F)(F)F)cc1Cl)C(=O)OCC. The second-order valence-electron chi connectivity index (χ2n) is 5.86. The fraction of sp³-hybridized carbons (Fsp3) is 0.263. The van der Waals surface area contributed by atoms with Gasteiger partial charge >= 0.3 is 18.1 Å². The number of nitrogens with zero attached hydrogens (tertiary/aromatic N) is 3. The van der Waals surface area contributed by atoms with Gasteiger partial charge in [-0.1, -0.05) is 23.2 Å². The number of alkyl halides is 3. The van der Waals surface area contributed by atoms with E-state index in [0.717, 1.165) is 17.1 Å². The van der Waals surface area contributed by atoms with Gasteiger partial charge in [-0.3, -0.25) is 0 Å². The van der Waals surface area contributed by atoms with Gasteiger partial charge < -0.3 is 14.8 Å². The minimum absolute atomic E-state index is 0.0201. The van der Waals surface area contributed by atoms with Crippen molar-refractivity contribution < 1.29 is 32.2 Å². The first kappa shape index (κ1) is 25.0. The Bertz CT molecular complexity index is 1060. The molecule has 8 nitrogen and oxygen atoms in total. The summed E-state index contributed by atoms with van der Waals surface area (Å²) in [5.41, 5.74) is -1.84. The molecule has 1 N–H and O–H groups in total. The Balaban J connectivity index is 2.58. The average molecular weight is 491 g/mol. The Kier molecular flexibility index (Phi) is 8.13. The summed E-state index contributed by atoms with van der Waals surface area (Å²) >= 11 is 12.1. The van der Waals surface area contributed by atoms with Gasteiger partial charge in [0, 0.05) is 6.20 Å². The first-order valence-electron chi connectivity index (χ1n) is 8.90. The molecular weight excluding hydrogens is 476 g/mol. The van der Waals surface area contributed by atoms with Crippen molar-refractivity contribution in [1.29, 1.82) is 5.26 Å². The zero-order valence-corrected chi connectivity index (χ0v) is 18.1. The van der Waals surface area contributed by atoms with Crippen LogP contribution in [0.5, 0.6) is 0 Å². The van der Waals surface area contributed by atoms with Crippen LogP contribution in [-0.4, -0.2) is 34.9 Å². The van der Waals surface area contributed by atoms with Gasteiger partial charge in [0.05, 0.1) is 35.0 Å². The number of nitriles is 1. The summed E-state index contributed by atoms with van der Waals surface area (Å²) in [5, 5.41) is 15.0. The first-order valence-corrected chi connectivity index (χ1v) is 9.66. The summed E-state index contributed by atoms with van der Waals surface area (Å²) in [6, 6.07) is 3.12. The zero-order chi connectivity index (χ0) is 24.1. The molecule has 13 heteroatoms. The number of anilines is 1. The van der Waals surface area contributed by atoms with E-state index in [0.29, 0.717) is 12.1 Å². The van der Waals surface area contributed by atoms with Crippen LogP contribution < -0.4 is 5.32 Å². The molecule has 0 aliphatic rings. The minimum atomic E-state index is -4.69. The van der Waals surface area contributed by atoms with Crippen molar-refractivity contribution in [3.05, 3.63) is 51.3 Å². The maximum atomic E-state index is 13.0. The van der Waals surface area contributed by atoms with E-state index >= 15 is 0 Å². The Labute approximate surface area is 190 Å². The third kappa shape index (κ3) is 5.52. The predicted molar refractivity (Wildman–Crippen MR) is 108 cm³/mol. The third-order valence-electron chi connectivity index (χ3n) is 3.79. The molecule has 0 spiro atoms. The van der Waals surface area contributed by atoms with Gasteiger partial charge in [0.15, 0.2) is 11.4 Å². The monoisotopic (exact) mass is 490 g/mol. The van der Waals surface area contributed by atoms with Crippen molar-refractivity contribution in [2.24, 2.45) is 0 Å². The van der Waals surface area contributed by atoms with Crippen LogP contribution in [0, 0.1) is 11.3 Å². The van der Waals surface area contributed by atoms with Crippen LogP contribution in [-0.2, 0) is 25.2 Å². The topological polar surface area (TPSA) is 106 Å². The number of carbonyl (C=O) groups excluding carboxylic acids is 2. The summed E-state index contributed by atoms with van der Waals surface area (Å²) in [6.07, 6.45) is -2.67. The zero-order valence-electron chi connectivity index (χ0n) is 16.6. The van der Waals surface area contributed by atoms with Gasteiger partial charge in [-0.05, 0) is 26.0 Å². The molecule has 1 heterocycles. The number of rotatable bonds is 7. The van der Waals surface area contributed by atoms with Gasteiger partial charge in [-0.2, -0.15) is 23.5 Å². The molecule has 0 radical (unpaired) electrons. The lowest BCUT2D eigenvalue weighted by molar-refractivity contribution is -0.146.